The molecule has 2 heterocycles. The highest BCUT2D eigenvalue weighted by molar-refractivity contribution is 7.86. The molecule has 6 aromatic rings. The van der Waals surface area contributed by atoms with Crippen LogP contribution in [0.15, 0.2) is 103 Å². The number of hydrogen-bond acceptors (Lipinski definition) is 1. The van der Waals surface area contributed by atoms with Gasteiger partial charge in [0, 0.05) is 44.8 Å². The van der Waals surface area contributed by atoms with Crippen molar-refractivity contribution in [1.82, 2.24) is 4.57 Å². The summed E-state index contributed by atoms with van der Waals surface area (Å²) in [7, 11) is -0.798. The summed E-state index contributed by atoms with van der Waals surface area (Å²) in [6.07, 6.45) is 0. The third-order valence-corrected chi connectivity index (χ3v) is 10.1. The van der Waals surface area contributed by atoms with Crippen molar-refractivity contribution in [3.05, 3.63) is 103 Å². The zero-order chi connectivity index (χ0) is 21.4. The Morgan fingerprint density at radius 2 is 1.41 bits per heavy atom. The van der Waals surface area contributed by atoms with Crippen molar-refractivity contribution in [1.29, 1.82) is 0 Å². The SMILES string of the molecule is Cn1c2ccc3ccccc3c2c2ccc3c(c21)-c1ccccc1P3(=O)c1ccccc1. The van der Waals surface area contributed by atoms with E-state index in [1.165, 1.54) is 27.1 Å². The number of nitrogens with zero attached hydrogens (tertiary/aromatic N) is 1. The first kappa shape index (κ1) is 18.0. The van der Waals surface area contributed by atoms with Crippen molar-refractivity contribution in [3.8, 4) is 11.1 Å². The lowest BCUT2D eigenvalue weighted by Gasteiger charge is -2.15. The average molecular weight is 429 g/mol. The van der Waals surface area contributed by atoms with Crippen LogP contribution in [0, 0.1) is 0 Å². The zero-order valence-corrected chi connectivity index (χ0v) is 18.5. The van der Waals surface area contributed by atoms with Crippen LogP contribution in [-0.2, 0) is 11.6 Å². The van der Waals surface area contributed by atoms with Gasteiger partial charge >= 0.3 is 0 Å². The predicted molar refractivity (Wildman–Crippen MR) is 136 cm³/mol. The van der Waals surface area contributed by atoms with Gasteiger partial charge < -0.3 is 9.13 Å². The Bertz CT molecular complexity index is 1760. The molecule has 152 valence electrons. The van der Waals surface area contributed by atoms with Gasteiger partial charge in [0.05, 0.1) is 5.52 Å². The fraction of sp³-hybridized carbons (Fsp3) is 0.0345. The van der Waals surface area contributed by atoms with Crippen LogP contribution in [0.5, 0.6) is 0 Å². The minimum Gasteiger partial charge on any atom is -0.343 e. The third kappa shape index (κ3) is 2.08. The molecule has 0 amide bonds. The van der Waals surface area contributed by atoms with Gasteiger partial charge in [-0.2, -0.15) is 0 Å². The monoisotopic (exact) mass is 429 g/mol. The van der Waals surface area contributed by atoms with Crippen LogP contribution < -0.4 is 15.9 Å². The second-order valence-electron chi connectivity index (χ2n) is 8.56. The number of aryl methyl sites for hydroxylation is 1. The van der Waals surface area contributed by atoms with E-state index in [-0.39, 0.29) is 0 Å². The lowest BCUT2D eigenvalue weighted by Crippen LogP contribution is -2.20. The molecule has 0 bridgehead atoms. The number of aromatic nitrogens is 1. The van der Waals surface area contributed by atoms with Crippen LogP contribution in [0.2, 0.25) is 0 Å². The molecule has 2 nitrogen and oxygen atoms in total. The molecule has 0 saturated carbocycles. The average Bonchev–Trinajstić information content (AvgIpc) is 3.30. The van der Waals surface area contributed by atoms with E-state index in [4.69, 9.17) is 0 Å². The molecule has 0 N–H and O–H groups in total. The Morgan fingerprint density at radius 1 is 0.656 bits per heavy atom. The van der Waals surface area contributed by atoms with E-state index >= 15 is 0 Å². The van der Waals surface area contributed by atoms with E-state index in [1.807, 2.05) is 42.5 Å². The highest BCUT2D eigenvalue weighted by Gasteiger charge is 2.41. The summed E-state index contributed by atoms with van der Waals surface area (Å²) in [5.74, 6) is 0. The molecule has 7 rings (SSSR count). The summed E-state index contributed by atoms with van der Waals surface area (Å²) in [4.78, 5) is 0. The van der Waals surface area contributed by atoms with Crippen molar-refractivity contribution in [2.45, 2.75) is 0 Å². The molecule has 0 aliphatic carbocycles. The Balaban J connectivity index is 1.70. The van der Waals surface area contributed by atoms with Crippen LogP contribution in [-0.4, -0.2) is 4.57 Å². The van der Waals surface area contributed by atoms with Crippen LogP contribution in [0.25, 0.3) is 43.7 Å². The standard InChI is InChI=1S/C29H20NOP/c1-30-24-17-15-19-9-5-6-12-21(19)27(24)23-16-18-26-28(29(23)30)22-13-7-8-14-25(22)32(26,31)20-10-3-2-4-11-20/h2-18H,1H3. The molecule has 32 heavy (non-hydrogen) atoms. The summed E-state index contributed by atoms with van der Waals surface area (Å²) in [6.45, 7) is 0. The van der Waals surface area contributed by atoms with Gasteiger partial charge in [-0.25, -0.2) is 0 Å². The quantitative estimate of drug-likeness (QED) is 0.289. The molecule has 1 aromatic heterocycles. The van der Waals surface area contributed by atoms with Gasteiger partial charge in [0.25, 0.3) is 0 Å². The first-order valence-corrected chi connectivity index (χ1v) is 12.6. The molecule has 1 unspecified atom stereocenters. The second kappa shape index (κ2) is 6.22. The van der Waals surface area contributed by atoms with Gasteiger partial charge in [0.15, 0.2) is 7.14 Å². The van der Waals surface area contributed by atoms with Crippen LogP contribution in [0.3, 0.4) is 0 Å². The van der Waals surface area contributed by atoms with Gasteiger partial charge in [-0.1, -0.05) is 91.0 Å². The fourth-order valence-electron chi connectivity index (χ4n) is 5.61. The maximum atomic E-state index is 14.8. The van der Waals surface area contributed by atoms with Gasteiger partial charge in [0.1, 0.15) is 0 Å². The first-order valence-electron chi connectivity index (χ1n) is 10.9. The molecule has 1 atom stereocenters. The molecular formula is C29H20NOP. The van der Waals surface area contributed by atoms with Crippen molar-refractivity contribution >= 4 is 55.6 Å². The van der Waals surface area contributed by atoms with Crippen molar-refractivity contribution in [3.63, 3.8) is 0 Å². The van der Waals surface area contributed by atoms with Crippen molar-refractivity contribution < 1.29 is 4.57 Å². The van der Waals surface area contributed by atoms with E-state index in [1.54, 1.807) is 0 Å². The molecule has 5 aromatic carbocycles. The highest BCUT2D eigenvalue weighted by Crippen LogP contribution is 2.54. The van der Waals surface area contributed by atoms with Crippen LogP contribution >= 0.6 is 7.14 Å². The first-order chi connectivity index (χ1) is 15.7. The normalized spacial score (nSPS) is 17.2. The Labute approximate surface area is 186 Å². The Kier molecular flexibility index (Phi) is 3.50. The van der Waals surface area contributed by atoms with E-state index in [9.17, 15) is 4.57 Å². The molecule has 0 saturated heterocycles. The molecular weight excluding hydrogens is 409 g/mol. The minimum absolute atomic E-state index is 0.898. The molecule has 1 aliphatic heterocycles. The molecule has 3 heteroatoms. The highest BCUT2D eigenvalue weighted by atomic mass is 31.2. The molecule has 0 spiro atoms. The lowest BCUT2D eigenvalue weighted by atomic mass is 10.00. The smallest absolute Gasteiger partial charge is 0.172 e. The Hall–Kier alpha value is -3.61. The van der Waals surface area contributed by atoms with Crippen LogP contribution in [0.1, 0.15) is 0 Å². The lowest BCUT2D eigenvalue weighted by molar-refractivity contribution is 0.593. The summed E-state index contributed by atoms with van der Waals surface area (Å²) in [6, 6.07) is 35.5. The summed E-state index contributed by atoms with van der Waals surface area (Å²) in [5.41, 5.74) is 4.57. The third-order valence-electron chi connectivity index (χ3n) is 7.00. The summed E-state index contributed by atoms with van der Waals surface area (Å²) >= 11 is 0. The molecule has 0 fully saturated rings. The van der Waals surface area contributed by atoms with Gasteiger partial charge in [-0.15, -0.1) is 0 Å². The van der Waals surface area contributed by atoms with E-state index in [2.05, 4.69) is 72.3 Å². The summed E-state index contributed by atoms with van der Waals surface area (Å²) in [5, 5.41) is 7.78. The number of hydrogen-bond donors (Lipinski definition) is 0. The van der Waals surface area contributed by atoms with E-state index in [0.29, 0.717) is 0 Å². The summed E-state index contributed by atoms with van der Waals surface area (Å²) < 4.78 is 17.1. The number of fused-ring (bicyclic) bond motifs is 9. The topological polar surface area (TPSA) is 22.0 Å². The largest absolute Gasteiger partial charge is 0.343 e. The molecule has 0 radical (unpaired) electrons. The maximum absolute atomic E-state index is 14.8. The van der Waals surface area contributed by atoms with Gasteiger partial charge in [-0.3, -0.25) is 0 Å². The van der Waals surface area contributed by atoms with Crippen LogP contribution in [0.4, 0.5) is 0 Å². The fourth-order valence-corrected chi connectivity index (χ4v) is 8.66. The zero-order valence-electron chi connectivity index (χ0n) is 17.6. The van der Waals surface area contributed by atoms with Crippen molar-refractivity contribution in [2.75, 3.05) is 0 Å². The minimum atomic E-state index is -2.93. The maximum Gasteiger partial charge on any atom is 0.172 e. The van der Waals surface area contributed by atoms with E-state index < -0.39 is 7.14 Å². The predicted octanol–water partition coefficient (Wildman–Crippen LogP) is 6.10. The number of rotatable bonds is 1. The second-order valence-corrected chi connectivity index (χ2v) is 11.3. The van der Waals surface area contributed by atoms with Crippen molar-refractivity contribution in [2.24, 2.45) is 7.05 Å². The Morgan fingerprint density at radius 3 is 2.28 bits per heavy atom. The van der Waals surface area contributed by atoms with Gasteiger partial charge in [-0.05, 0) is 28.5 Å². The number of benzene rings is 5. The molecule has 1 aliphatic rings. The van der Waals surface area contributed by atoms with E-state index in [0.717, 1.165) is 32.6 Å². The van der Waals surface area contributed by atoms with Gasteiger partial charge in [0.2, 0.25) is 0 Å².